The molecule has 0 spiro atoms. The van der Waals surface area contributed by atoms with Crippen LogP contribution in [0.1, 0.15) is 68.6 Å². The fourth-order valence-electron chi connectivity index (χ4n) is 6.55. The average Bonchev–Trinajstić information content (AvgIpc) is 3.21. The van der Waals surface area contributed by atoms with Crippen molar-refractivity contribution in [1.29, 1.82) is 0 Å². The number of hydrogen-bond donors (Lipinski definition) is 14. The number of rotatable bonds is 14. The van der Waals surface area contributed by atoms with E-state index in [0.717, 1.165) is 0 Å². The maximum atomic E-state index is 13.5. The van der Waals surface area contributed by atoms with E-state index in [2.05, 4.69) is 31.9 Å². The summed E-state index contributed by atoms with van der Waals surface area (Å²) >= 11 is 0. The van der Waals surface area contributed by atoms with Crippen LogP contribution in [0, 0.1) is 0 Å². The molecular formula is C45H46N14O6. The molecule has 0 saturated heterocycles. The molecule has 0 radical (unpaired) electrons. The van der Waals surface area contributed by atoms with E-state index in [1.165, 1.54) is 109 Å². The molecule has 0 aromatic heterocycles. The molecule has 332 valence electrons. The summed E-state index contributed by atoms with van der Waals surface area (Å²) in [6.45, 7) is 0.152. The summed E-state index contributed by atoms with van der Waals surface area (Å²) in [5.41, 5.74) is 50.5. The number of amides is 6. The maximum Gasteiger partial charge on any atom is 0.255 e. The van der Waals surface area contributed by atoms with Gasteiger partial charge in [-0.25, -0.2) is 0 Å². The van der Waals surface area contributed by atoms with E-state index in [1.807, 2.05) is 0 Å². The molecule has 20 heteroatoms. The van der Waals surface area contributed by atoms with Crippen LogP contribution in [0.3, 0.4) is 0 Å². The van der Waals surface area contributed by atoms with Crippen molar-refractivity contribution in [3.8, 4) is 0 Å². The first-order chi connectivity index (χ1) is 30.9. The second kappa shape index (κ2) is 19.5. The van der Waals surface area contributed by atoms with E-state index < -0.39 is 35.4 Å². The first-order valence-electron chi connectivity index (χ1n) is 19.6. The number of nitrogens with one attached hydrogen (secondary N) is 6. The van der Waals surface area contributed by atoms with Crippen molar-refractivity contribution in [3.05, 3.63) is 143 Å². The number of carbonyl (C=O) groups excluding carboxylic acids is 6. The van der Waals surface area contributed by atoms with Crippen LogP contribution < -0.4 is 77.8 Å². The number of carbonyl (C=O) groups is 6. The molecular weight excluding hydrogens is 833 g/mol. The average molecular weight is 879 g/mol. The Morgan fingerprint density at radius 3 is 0.692 bits per heavy atom. The lowest BCUT2D eigenvalue weighted by atomic mass is 10.1. The molecule has 20 nitrogen and oxygen atoms in total. The van der Waals surface area contributed by atoms with Crippen LogP contribution >= 0.6 is 0 Å². The SMILES string of the molecule is Nc1cc(N)cc(C(=O)Nc2cc(NC(=O)c3cc(N)cc(N)c3)cc(C(=O)NCCCNC(=O)c3cc(NC(=O)c4cc(N)cc(N)c4)cc(NC(=O)c4cc(N)cc(N)c4)c3)c2)c1. The Morgan fingerprint density at radius 1 is 0.277 bits per heavy atom. The zero-order valence-electron chi connectivity index (χ0n) is 34.6. The van der Waals surface area contributed by atoms with Gasteiger partial charge in [-0.2, -0.15) is 0 Å². The lowest BCUT2D eigenvalue weighted by Gasteiger charge is -2.14. The molecule has 0 bridgehead atoms. The summed E-state index contributed by atoms with van der Waals surface area (Å²) in [6, 6.07) is 25.9. The Bertz CT molecular complexity index is 2440. The highest BCUT2D eigenvalue weighted by Gasteiger charge is 2.18. The summed E-state index contributed by atoms with van der Waals surface area (Å²) in [5, 5.41) is 16.3. The molecule has 0 aliphatic heterocycles. The highest BCUT2D eigenvalue weighted by Crippen LogP contribution is 2.25. The van der Waals surface area contributed by atoms with Crippen molar-refractivity contribution in [2.75, 3.05) is 80.2 Å². The first kappa shape index (κ1) is 45.1. The summed E-state index contributed by atoms with van der Waals surface area (Å²) in [6.07, 6.45) is 0.249. The lowest BCUT2D eigenvalue weighted by molar-refractivity contribution is 0.0945. The Labute approximate surface area is 371 Å². The Hall–Kier alpha value is -9.46. The van der Waals surface area contributed by atoms with Crippen molar-refractivity contribution in [2.24, 2.45) is 0 Å². The first-order valence-corrected chi connectivity index (χ1v) is 19.6. The van der Waals surface area contributed by atoms with Crippen LogP contribution in [-0.2, 0) is 0 Å². The molecule has 0 fully saturated rings. The predicted octanol–water partition coefficient (Wildman–Crippen LogP) is 3.90. The van der Waals surface area contributed by atoms with Gasteiger partial charge in [0, 0.05) is 115 Å². The van der Waals surface area contributed by atoms with Gasteiger partial charge in [0.05, 0.1) is 0 Å². The van der Waals surface area contributed by atoms with Crippen LogP contribution in [0.5, 0.6) is 0 Å². The van der Waals surface area contributed by atoms with Crippen LogP contribution in [0.2, 0.25) is 0 Å². The second-order valence-corrected chi connectivity index (χ2v) is 14.8. The number of hydrogen-bond acceptors (Lipinski definition) is 14. The molecule has 6 aromatic carbocycles. The third kappa shape index (κ3) is 12.3. The quantitative estimate of drug-likeness (QED) is 0.0545. The van der Waals surface area contributed by atoms with Gasteiger partial charge < -0.3 is 77.8 Å². The fourth-order valence-corrected chi connectivity index (χ4v) is 6.55. The van der Waals surface area contributed by atoms with Gasteiger partial charge in [-0.15, -0.1) is 0 Å². The Kier molecular flexibility index (Phi) is 13.5. The van der Waals surface area contributed by atoms with Gasteiger partial charge in [-0.1, -0.05) is 0 Å². The summed E-state index contributed by atoms with van der Waals surface area (Å²) < 4.78 is 0. The second-order valence-electron chi connectivity index (χ2n) is 14.8. The standard InChI is InChI=1S/C45H46N14O6/c46-28-4-22(5-29(47)16-28)42(62)56-36-12-26(13-37(20-36)57-43(63)23-6-30(48)17-31(49)7-23)40(60)54-2-1-3-55-41(61)27-14-38(58-44(64)24-8-32(50)18-33(51)9-24)21-39(15-27)59-45(65)25-10-34(52)19-35(53)11-25/h4-21H,1-3,46-53H2,(H,54,60)(H,55,61)(H,56,62)(H,57,63)(H,58,64)(H,59,65). The monoisotopic (exact) mass is 878 g/mol. The molecule has 6 aromatic rings. The summed E-state index contributed by atoms with van der Waals surface area (Å²) in [5.74, 6) is -3.48. The van der Waals surface area contributed by atoms with Crippen molar-refractivity contribution >= 4 is 104 Å². The highest BCUT2D eigenvalue weighted by atomic mass is 16.2. The number of nitrogens with two attached hydrogens (primary N) is 8. The minimum Gasteiger partial charge on any atom is -0.399 e. The largest absolute Gasteiger partial charge is 0.399 e. The highest BCUT2D eigenvalue weighted by molar-refractivity contribution is 6.10. The Morgan fingerprint density at radius 2 is 0.477 bits per heavy atom. The minimum absolute atomic E-state index is 0.0662. The van der Waals surface area contributed by atoms with Gasteiger partial charge in [-0.05, 0) is 116 Å². The molecule has 6 amide bonds. The van der Waals surface area contributed by atoms with Crippen molar-refractivity contribution in [1.82, 2.24) is 10.6 Å². The third-order valence-corrected chi connectivity index (χ3v) is 9.31. The van der Waals surface area contributed by atoms with Crippen LogP contribution in [0.15, 0.2) is 109 Å². The lowest BCUT2D eigenvalue weighted by Crippen LogP contribution is -2.30. The molecule has 0 aliphatic rings. The normalized spacial score (nSPS) is 10.6. The topological polar surface area (TPSA) is 383 Å². The fraction of sp³-hybridized carbons (Fsp3) is 0.0667. The molecule has 0 unspecified atom stereocenters. The number of benzene rings is 6. The van der Waals surface area contributed by atoms with E-state index >= 15 is 0 Å². The summed E-state index contributed by atoms with van der Waals surface area (Å²) in [4.78, 5) is 79.8. The number of anilines is 12. The van der Waals surface area contributed by atoms with E-state index in [-0.39, 0.29) is 121 Å². The molecule has 22 N–H and O–H groups in total. The van der Waals surface area contributed by atoms with Gasteiger partial charge in [0.1, 0.15) is 0 Å². The molecule has 0 atom stereocenters. The smallest absolute Gasteiger partial charge is 0.255 e. The third-order valence-electron chi connectivity index (χ3n) is 9.31. The van der Waals surface area contributed by atoms with Gasteiger partial charge in [0.2, 0.25) is 0 Å². The molecule has 65 heavy (non-hydrogen) atoms. The van der Waals surface area contributed by atoms with Crippen LogP contribution in [-0.4, -0.2) is 48.5 Å². The zero-order valence-corrected chi connectivity index (χ0v) is 34.6. The number of nitrogen functional groups attached to an aromatic ring is 8. The van der Waals surface area contributed by atoms with E-state index in [9.17, 15) is 28.8 Å². The maximum absolute atomic E-state index is 13.5. The minimum atomic E-state index is -0.585. The van der Waals surface area contributed by atoms with E-state index in [0.29, 0.717) is 0 Å². The molecule has 0 aliphatic carbocycles. The molecule has 0 heterocycles. The molecule has 0 saturated carbocycles. The molecule has 6 rings (SSSR count). The van der Waals surface area contributed by atoms with Gasteiger partial charge >= 0.3 is 0 Å². The van der Waals surface area contributed by atoms with Crippen molar-refractivity contribution in [2.45, 2.75) is 6.42 Å². The van der Waals surface area contributed by atoms with E-state index in [1.54, 1.807) is 0 Å². The Balaban J connectivity index is 1.14. The van der Waals surface area contributed by atoms with Crippen molar-refractivity contribution < 1.29 is 28.8 Å². The van der Waals surface area contributed by atoms with Gasteiger partial charge in [0.15, 0.2) is 0 Å². The predicted molar refractivity (Wildman–Crippen MR) is 255 cm³/mol. The van der Waals surface area contributed by atoms with Crippen molar-refractivity contribution in [3.63, 3.8) is 0 Å². The van der Waals surface area contributed by atoms with Gasteiger partial charge in [0.25, 0.3) is 35.4 Å². The van der Waals surface area contributed by atoms with E-state index in [4.69, 9.17) is 45.9 Å². The van der Waals surface area contributed by atoms with Crippen LogP contribution in [0.25, 0.3) is 0 Å². The zero-order chi connectivity index (χ0) is 46.9. The summed E-state index contributed by atoms with van der Waals surface area (Å²) in [7, 11) is 0. The van der Waals surface area contributed by atoms with Crippen LogP contribution in [0.4, 0.5) is 68.2 Å². The van der Waals surface area contributed by atoms with Gasteiger partial charge in [-0.3, -0.25) is 28.8 Å².